The van der Waals surface area contributed by atoms with Crippen molar-refractivity contribution in [2.45, 2.75) is 12.8 Å². The molecule has 156 valence electrons. The van der Waals surface area contributed by atoms with E-state index >= 15 is 0 Å². The van der Waals surface area contributed by atoms with E-state index < -0.39 is 11.7 Å². The molecule has 0 radical (unpaired) electrons. The number of benzene rings is 2. The highest BCUT2D eigenvalue weighted by Gasteiger charge is 2.23. The first-order valence-electron chi connectivity index (χ1n) is 10.1. The number of para-hydroxylation sites is 2. The fraction of sp³-hybridized carbons (Fsp3) is 0.174. The molecule has 5 rings (SSSR count). The van der Waals surface area contributed by atoms with Gasteiger partial charge in [0.1, 0.15) is 11.5 Å². The molecule has 1 saturated heterocycles. The van der Waals surface area contributed by atoms with E-state index in [-0.39, 0.29) is 11.5 Å². The average molecular weight is 434 g/mol. The van der Waals surface area contributed by atoms with E-state index in [0.717, 1.165) is 36.5 Å². The van der Waals surface area contributed by atoms with Crippen molar-refractivity contribution in [3.05, 3.63) is 77.7 Å². The smallest absolute Gasteiger partial charge is 0.295 e. The molecular weight excluding hydrogens is 413 g/mol. The molecule has 1 aliphatic heterocycles. The van der Waals surface area contributed by atoms with Gasteiger partial charge in [-0.15, -0.1) is 16.4 Å². The van der Waals surface area contributed by atoms with E-state index in [1.165, 1.54) is 17.4 Å². The highest BCUT2D eigenvalue weighted by atomic mass is 32.1. The van der Waals surface area contributed by atoms with E-state index in [2.05, 4.69) is 20.3 Å². The van der Waals surface area contributed by atoms with Crippen molar-refractivity contribution < 1.29 is 9.18 Å². The summed E-state index contributed by atoms with van der Waals surface area (Å²) in [7, 11) is 0. The third-order valence-electron chi connectivity index (χ3n) is 5.23. The number of nitrogens with one attached hydrogen (secondary N) is 1. The van der Waals surface area contributed by atoms with Crippen LogP contribution in [-0.2, 0) is 0 Å². The van der Waals surface area contributed by atoms with Gasteiger partial charge in [0.25, 0.3) is 5.91 Å². The Kier molecular flexibility index (Phi) is 5.21. The number of anilines is 2. The molecule has 0 spiro atoms. The molecule has 3 heterocycles. The number of halogens is 1. The van der Waals surface area contributed by atoms with Crippen LogP contribution in [0.4, 0.5) is 15.8 Å². The second-order valence-electron chi connectivity index (χ2n) is 7.27. The summed E-state index contributed by atoms with van der Waals surface area (Å²) in [6.45, 7) is 1.69. The van der Waals surface area contributed by atoms with Gasteiger partial charge >= 0.3 is 0 Å². The average Bonchev–Trinajstić information content (AvgIpc) is 3.56. The van der Waals surface area contributed by atoms with Crippen LogP contribution in [0.25, 0.3) is 16.4 Å². The molecule has 31 heavy (non-hydrogen) atoms. The quantitative estimate of drug-likeness (QED) is 0.482. The molecular formula is C23H20FN5OS. The van der Waals surface area contributed by atoms with E-state index in [9.17, 15) is 9.18 Å². The Morgan fingerprint density at radius 3 is 2.55 bits per heavy atom. The number of rotatable bonds is 5. The number of carbonyl (C=O) groups is 1. The predicted octanol–water partition coefficient (Wildman–Crippen LogP) is 4.99. The Bertz CT molecular complexity index is 1200. The molecule has 1 N–H and O–H groups in total. The number of aromatic nitrogens is 3. The van der Waals surface area contributed by atoms with Crippen LogP contribution in [0.5, 0.6) is 0 Å². The Morgan fingerprint density at radius 2 is 1.81 bits per heavy atom. The highest BCUT2D eigenvalue weighted by molar-refractivity contribution is 7.13. The van der Waals surface area contributed by atoms with Crippen molar-refractivity contribution in [3.63, 3.8) is 0 Å². The third-order valence-corrected chi connectivity index (χ3v) is 6.10. The van der Waals surface area contributed by atoms with Crippen molar-refractivity contribution in [1.29, 1.82) is 0 Å². The van der Waals surface area contributed by atoms with Gasteiger partial charge < -0.3 is 10.2 Å². The lowest BCUT2D eigenvalue weighted by Crippen LogP contribution is -2.22. The molecule has 8 heteroatoms. The largest absolute Gasteiger partial charge is 0.370 e. The normalized spacial score (nSPS) is 13.5. The van der Waals surface area contributed by atoms with Crippen LogP contribution in [0.2, 0.25) is 0 Å². The molecule has 1 fully saturated rings. The molecule has 6 nitrogen and oxygen atoms in total. The molecule has 1 aliphatic rings. The SMILES string of the molecule is O=C(Nc1c(F)cccc1N1CCCC1)c1nc(-c2cccs2)n(-c2ccccc2)n1. The molecule has 2 aromatic heterocycles. The minimum Gasteiger partial charge on any atom is -0.370 e. The Hall–Kier alpha value is -3.52. The van der Waals surface area contributed by atoms with E-state index in [1.54, 1.807) is 10.7 Å². The van der Waals surface area contributed by atoms with Crippen molar-refractivity contribution in [1.82, 2.24) is 14.8 Å². The summed E-state index contributed by atoms with van der Waals surface area (Å²) < 4.78 is 16.3. The monoisotopic (exact) mass is 433 g/mol. The van der Waals surface area contributed by atoms with Gasteiger partial charge in [-0.05, 0) is 48.6 Å². The van der Waals surface area contributed by atoms with Crippen molar-refractivity contribution in [2.24, 2.45) is 0 Å². The fourth-order valence-electron chi connectivity index (χ4n) is 3.75. The minimum absolute atomic E-state index is 0.0112. The van der Waals surface area contributed by atoms with Crippen LogP contribution in [0.1, 0.15) is 23.5 Å². The van der Waals surface area contributed by atoms with Gasteiger partial charge in [-0.3, -0.25) is 4.79 Å². The second kappa shape index (κ2) is 8.31. The maximum atomic E-state index is 14.7. The van der Waals surface area contributed by atoms with Gasteiger partial charge in [-0.1, -0.05) is 30.3 Å². The van der Waals surface area contributed by atoms with Crippen LogP contribution in [0, 0.1) is 5.82 Å². The maximum Gasteiger partial charge on any atom is 0.295 e. The minimum atomic E-state index is -0.543. The molecule has 4 aromatic rings. The first-order valence-corrected chi connectivity index (χ1v) is 11.0. The van der Waals surface area contributed by atoms with Gasteiger partial charge in [0.2, 0.25) is 5.82 Å². The van der Waals surface area contributed by atoms with Gasteiger partial charge in [0.15, 0.2) is 5.82 Å². The summed E-state index contributed by atoms with van der Waals surface area (Å²) in [5, 5.41) is 9.12. The molecule has 0 unspecified atom stereocenters. The summed E-state index contributed by atoms with van der Waals surface area (Å²) in [6.07, 6.45) is 2.11. The van der Waals surface area contributed by atoms with Crippen LogP contribution < -0.4 is 10.2 Å². The summed E-state index contributed by atoms with van der Waals surface area (Å²) >= 11 is 1.51. The summed E-state index contributed by atoms with van der Waals surface area (Å²) in [5.74, 6) is -0.459. The first-order chi connectivity index (χ1) is 15.2. The van der Waals surface area contributed by atoms with E-state index in [1.807, 2.05) is 53.9 Å². The Labute approximate surface area is 183 Å². The number of hydrogen-bond donors (Lipinski definition) is 1. The predicted molar refractivity (Wildman–Crippen MR) is 120 cm³/mol. The zero-order chi connectivity index (χ0) is 21.2. The summed E-state index contributed by atoms with van der Waals surface area (Å²) in [6, 6.07) is 18.2. The Balaban J connectivity index is 1.51. The van der Waals surface area contributed by atoms with Crippen molar-refractivity contribution in [3.8, 4) is 16.4 Å². The van der Waals surface area contributed by atoms with Gasteiger partial charge in [0, 0.05) is 13.1 Å². The van der Waals surface area contributed by atoms with Crippen LogP contribution in [-0.4, -0.2) is 33.8 Å². The lowest BCUT2D eigenvalue weighted by Gasteiger charge is -2.21. The van der Waals surface area contributed by atoms with Gasteiger partial charge in [-0.2, -0.15) is 0 Å². The van der Waals surface area contributed by atoms with E-state index in [0.29, 0.717) is 11.5 Å². The summed E-state index contributed by atoms with van der Waals surface area (Å²) in [4.78, 5) is 20.5. The van der Waals surface area contributed by atoms with Crippen molar-refractivity contribution in [2.75, 3.05) is 23.3 Å². The highest BCUT2D eigenvalue weighted by Crippen LogP contribution is 2.32. The second-order valence-corrected chi connectivity index (χ2v) is 8.21. The summed E-state index contributed by atoms with van der Waals surface area (Å²) in [5.41, 5.74) is 1.65. The van der Waals surface area contributed by atoms with Crippen LogP contribution in [0.15, 0.2) is 66.0 Å². The van der Waals surface area contributed by atoms with Crippen LogP contribution in [0.3, 0.4) is 0 Å². The zero-order valence-electron chi connectivity index (χ0n) is 16.7. The van der Waals surface area contributed by atoms with Crippen LogP contribution >= 0.6 is 11.3 Å². The maximum absolute atomic E-state index is 14.7. The molecule has 2 aromatic carbocycles. The molecule has 0 bridgehead atoms. The molecule has 0 atom stereocenters. The lowest BCUT2D eigenvalue weighted by molar-refractivity contribution is 0.101. The first kappa shape index (κ1) is 19.4. The number of amides is 1. The van der Waals surface area contributed by atoms with Gasteiger partial charge in [0.05, 0.1) is 16.3 Å². The number of carbonyl (C=O) groups excluding carboxylic acids is 1. The molecule has 0 aliphatic carbocycles. The third kappa shape index (κ3) is 3.82. The standard InChI is InChI=1S/C23H20FN5OS/c24-17-10-6-11-18(28-13-4-5-14-28)20(17)25-23(30)21-26-22(19-12-7-15-31-19)29(27-21)16-8-2-1-3-9-16/h1-3,6-12,15H,4-5,13-14H2,(H,25,30). The zero-order valence-corrected chi connectivity index (χ0v) is 17.5. The lowest BCUT2D eigenvalue weighted by atomic mass is 10.2. The number of hydrogen-bond acceptors (Lipinski definition) is 5. The fourth-order valence-corrected chi connectivity index (χ4v) is 4.45. The van der Waals surface area contributed by atoms with Gasteiger partial charge in [-0.25, -0.2) is 14.1 Å². The number of thiophene rings is 1. The number of nitrogens with zero attached hydrogens (tertiary/aromatic N) is 4. The Morgan fingerprint density at radius 1 is 1.00 bits per heavy atom. The topological polar surface area (TPSA) is 63.1 Å². The van der Waals surface area contributed by atoms with Crippen molar-refractivity contribution >= 4 is 28.6 Å². The molecule has 0 saturated carbocycles. The van der Waals surface area contributed by atoms with E-state index in [4.69, 9.17) is 0 Å². The molecule has 1 amide bonds.